The highest BCUT2D eigenvalue weighted by atomic mass is 35.5. The van der Waals surface area contributed by atoms with E-state index in [9.17, 15) is 9.00 Å². The fraction of sp³-hybridized carbons (Fsp3) is 0.579. The molecule has 3 aliphatic heterocycles. The number of carbonyl (C=O) groups is 1. The number of nitrogens with zero attached hydrogens (tertiary/aromatic N) is 2. The number of halogens is 1. The van der Waals surface area contributed by atoms with Crippen LogP contribution >= 0.6 is 11.6 Å². The average molecular weight is 680 g/mol. The molecule has 1 saturated heterocycles. The van der Waals surface area contributed by atoms with E-state index < -0.39 is 9.71 Å². The number of aryl methyl sites for hydroxylation is 1. The first-order valence-corrected chi connectivity index (χ1v) is 19.7. The van der Waals surface area contributed by atoms with E-state index in [1.165, 1.54) is 24.0 Å². The quantitative estimate of drug-likeness (QED) is 0.304. The van der Waals surface area contributed by atoms with Crippen LogP contribution in [0.5, 0.6) is 5.75 Å². The molecule has 1 N–H and O–H groups in total. The van der Waals surface area contributed by atoms with E-state index >= 15 is 0 Å². The van der Waals surface area contributed by atoms with Gasteiger partial charge in [-0.25, -0.2) is 4.21 Å². The van der Waals surface area contributed by atoms with E-state index in [-0.39, 0.29) is 22.5 Å². The Balaban J connectivity index is 1.28. The Hall–Kier alpha value is -2.52. The average Bonchev–Trinajstić information content (AvgIpc) is 3.19. The van der Waals surface area contributed by atoms with Gasteiger partial charge in [-0.15, -0.1) is 0 Å². The molecule has 7 rings (SSSR count). The molecule has 1 saturated carbocycles. The number of rotatable bonds is 2. The molecule has 2 fully saturated rings. The van der Waals surface area contributed by atoms with Gasteiger partial charge in [0.05, 0.1) is 35.2 Å². The van der Waals surface area contributed by atoms with Gasteiger partial charge in [-0.3, -0.25) is 14.4 Å². The largest absolute Gasteiger partial charge is 0.490 e. The second-order valence-electron chi connectivity index (χ2n) is 14.9. The van der Waals surface area contributed by atoms with E-state index in [4.69, 9.17) is 21.1 Å². The van der Waals surface area contributed by atoms with Crippen LogP contribution < -0.4 is 14.4 Å². The fourth-order valence-electron chi connectivity index (χ4n) is 8.69. The Bertz CT molecular complexity index is 1620. The number of anilines is 1. The van der Waals surface area contributed by atoms with E-state index in [1.54, 1.807) is 6.07 Å². The molecule has 2 aromatic rings. The van der Waals surface area contributed by atoms with Crippen LogP contribution in [0.2, 0.25) is 5.02 Å². The van der Waals surface area contributed by atoms with Crippen LogP contribution in [0.3, 0.4) is 0 Å². The highest BCUT2D eigenvalue weighted by molar-refractivity contribution is 7.99. The number of ether oxygens (including phenoxy) is 2. The molecule has 2 aromatic carbocycles. The summed E-state index contributed by atoms with van der Waals surface area (Å²) < 4.78 is 29.1. The van der Waals surface area contributed by atoms with Crippen LogP contribution in [-0.2, 0) is 26.3 Å². The van der Waals surface area contributed by atoms with Gasteiger partial charge in [0.1, 0.15) is 5.75 Å². The third-order valence-electron chi connectivity index (χ3n) is 11.9. The third kappa shape index (κ3) is 6.72. The Kier molecular flexibility index (Phi) is 9.42. The van der Waals surface area contributed by atoms with Gasteiger partial charge in [-0.2, -0.15) is 0 Å². The Morgan fingerprint density at radius 2 is 1.96 bits per heavy atom. The van der Waals surface area contributed by atoms with Crippen molar-refractivity contribution in [2.45, 2.75) is 63.0 Å². The number of benzene rings is 2. The number of fused-ring (bicyclic) bond motifs is 4. The lowest BCUT2D eigenvalue weighted by Crippen LogP contribution is -2.50. The maximum atomic E-state index is 13.9. The number of carbonyl (C=O) groups excluding carboxylic acids is 1. The van der Waals surface area contributed by atoms with Crippen molar-refractivity contribution in [1.29, 1.82) is 0 Å². The molecule has 7 nitrogen and oxygen atoms in total. The van der Waals surface area contributed by atoms with E-state index in [0.717, 1.165) is 88.1 Å². The molecular formula is C38H50ClN3O4S. The first-order valence-electron chi connectivity index (χ1n) is 17.6. The van der Waals surface area contributed by atoms with Crippen LogP contribution in [0.25, 0.3) is 0 Å². The summed E-state index contributed by atoms with van der Waals surface area (Å²) in [6.45, 7) is 10.9. The molecular weight excluding hydrogens is 630 g/mol. The predicted octanol–water partition coefficient (Wildman–Crippen LogP) is 6.13. The molecule has 0 aromatic heterocycles. The maximum Gasteiger partial charge on any atom is 0.262 e. The van der Waals surface area contributed by atoms with E-state index in [2.05, 4.69) is 51.6 Å². The van der Waals surface area contributed by atoms with Gasteiger partial charge in [-0.1, -0.05) is 36.7 Å². The van der Waals surface area contributed by atoms with Crippen molar-refractivity contribution in [1.82, 2.24) is 9.62 Å². The van der Waals surface area contributed by atoms with Crippen LogP contribution in [-0.4, -0.2) is 78.7 Å². The summed E-state index contributed by atoms with van der Waals surface area (Å²) in [7, 11) is -2.89. The maximum absolute atomic E-state index is 13.9. The Morgan fingerprint density at radius 1 is 1.13 bits per heavy atom. The van der Waals surface area contributed by atoms with Crippen molar-refractivity contribution in [2.75, 3.05) is 57.4 Å². The Labute approximate surface area is 286 Å². The van der Waals surface area contributed by atoms with Crippen LogP contribution in [0.1, 0.15) is 67.4 Å². The number of hydrogen-bond donors (Lipinski definition) is 1. The van der Waals surface area contributed by atoms with Gasteiger partial charge < -0.3 is 14.4 Å². The van der Waals surface area contributed by atoms with Crippen molar-refractivity contribution in [3.8, 4) is 5.75 Å². The zero-order valence-electron chi connectivity index (χ0n) is 27.9. The minimum atomic E-state index is -2.89. The van der Waals surface area contributed by atoms with Gasteiger partial charge in [0.25, 0.3) is 5.91 Å². The van der Waals surface area contributed by atoms with Crippen molar-refractivity contribution in [3.63, 3.8) is 0 Å². The first-order chi connectivity index (χ1) is 22.6. The van der Waals surface area contributed by atoms with Gasteiger partial charge in [0, 0.05) is 54.0 Å². The monoisotopic (exact) mass is 679 g/mol. The van der Waals surface area contributed by atoms with Crippen molar-refractivity contribution < 1.29 is 18.5 Å². The summed E-state index contributed by atoms with van der Waals surface area (Å²) in [5, 5.41) is 0.500. The summed E-state index contributed by atoms with van der Waals surface area (Å²) in [6.07, 6.45) is 11.1. The molecule has 7 atom stereocenters. The number of hydrogen-bond acceptors (Lipinski definition) is 6. The minimum Gasteiger partial charge on any atom is -0.490 e. The molecule has 5 aliphatic rings. The second-order valence-corrected chi connectivity index (χ2v) is 17.7. The van der Waals surface area contributed by atoms with Crippen LogP contribution in [0.15, 0.2) is 48.6 Å². The molecule has 2 bridgehead atoms. The second kappa shape index (κ2) is 13.4. The van der Waals surface area contributed by atoms with Gasteiger partial charge in [-0.05, 0) is 116 Å². The molecule has 1 amide bonds. The standard InChI is InChI=1S/C38H50ClN3O4S/c1-26-6-4-7-30(22-41-16-18-45-19-17-41)33-12-9-31(33)23-42-24-38(15-5-8-28-20-32(39)11-13-34(28)38)25-46-36-14-10-29(21-35(36)42)37(43)40-47(3,44)27(26)2/h4,7,10-11,13-14,20-21,26-27,30-31,33H,3,5-6,8-9,12,15-19,22-25H2,1-2H3,(H,40,43,44)/b7-4+/t26-,27+,30-,31-,33-,38-,47?/m0/s1. The number of nitrogens with one attached hydrogen (secondary N) is 1. The van der Waals surface area contributed by atoms with Crippen molar-refractivity contribution in [3.05, 3.63) is 70.3 Å². The zero-order chi connectivity index (χ0) is 32.8. The number of morpholine rings is 1. The summed E-state index contributed by atoms with van der Waals surface area (Å²) in [5.74, 6) is 6.14. The molecule has 2 aliphatic carbocycles. The molecule has 0 radical (unpaired) electrons. The van der Waals surface area contributed by atoms with Gasteiger partial charge in [0.15, 0.2) is 0 Å². The summed E-state index contributed by atoms with van der Waals surface area (Å²) in [4.78, 5) is 18.8. The fourth-order valence-corrected chi connectivity index (χ4v) is 10.4. The van der Waals surface area contributed by atoms with E-state index in [0.29, 0.717) is 29.9 Å². The third-order valence-corrected chi connectivity index (χ3v) is 14.3. The lowest BCUT2D eigenvalue weighted by atomic mass is 9.65. The summed E-state index contributed by atoms with van der Waals surface area (Å²) in [5.41, 5.74) is 3.91. The first kappa shape index (κ1) is 33.0. The highest BCUT2D eigenvalue weighted by Crippen LogP contribution is 2.47. The predicted molar refractivity (Wildman–Crippen MR) is 192 cm³/mol. The van der Waals surface area contributed by atoms with Crippen molar-refractivity contribution >= 4 is 38.8 Å². The smallest absolute Gasteiger partial charge is 0.262 e. The van der Waals surface area contributed by atoms with Crippen LogP contribution in [0, 0.1) is 23.7 Å². The molecule has 3 heterocycles. The van der Waals surface area contributed by atoms with Crippen LogP contribution in [0.4, 0.5) is 5.69 Å². The summed E-state index contributed by atoms with van der Waals surface area (Å²) in [6, 6.07) is 12.1. The lowest BCUT2D eigenvalue weighted by Gasteiger charge is -2.47. The van der Waals surface area contributed by atoms with Gasteiger partial charge in [0.2, 0.25) is 0 Å². The van der Waals surface area contributed by atoms with Gasteiger partial charge >= 0.3 is 0 Å². The zero-order valence-corrected chi connectivity index (χ0v) is 29.5. The summed E-state index contributed by atoms with van der Waals surface area (Å²) >= 11 is 6.48. The highest BCUT2D eigenvalue weighted by Gasteiger charge is 2.44. The number of allylic oxidation sites excluding steroid dienone is 1. The molecule has 1 spiro atoms. The molecule has 254 valence electrons. The lowest BCUT2D eigenvalue weighted by molar-refractivity contribution is 0.0190. The number of amides is 1. The van der Waals surface area contributed by atoms with Crippen molar-refractivity contribution in [2.24, 2.45) is 23.7 Å². The van der Waals surface area contributed by atoms with E-state index in [1.807, 2.05) is 25.1 Å². The molecule has 9 heteroatoms. The SMILES string of the molecule is C=S1(=O)NC(=O)c2ccc3c(c2)N(C[C@@H]2CC[C@H]2[C@H](CN2CCOCC2)/C=C/C[C@H](C)[C@H]1C)C[C@@]1(CCCc2cc(Cl)ccc21)CO3. The normalized spacial score (nSPS) is 35.4. The molecule has 1 unspecified atom stereocenters. The minimum absolute atomic E-state index is 0.103. The molecule has 47 heavy (non-hydrogen) atoms. The topological polar surface area (TPSA) is 71.1 Å². The Morgan fingerprint density at radius 3 is 2.74 bits per heavy atom.